The highest BCUT2D eigenvalue weighted by Gasteiger charge is 2.26. The first kappa shape index (κ1) is 14.4. The Hall–Kier alpha value is -1.55. The summed E-state index contributed by atoms with van der Waals surface area (Å²) in [6.45, 7) is 1.77. The monoisotopic (exact) mass is 288 g/mol. The van der Waals surface area contributed by atoms with Gasteiger partial charge in [0.25, 0.3) is 5.91 Å². The third-order valence-electron chi connectivity index (χ3n) is 4.89. The molecule has 1 saturated heterocycles. The lowest BCUT2D eigenvalue weighted by Gasteiger charge is -2.35. The standard InChI is InChI=1S/C17H24N2O2/c1-18(14-3-2-4-14)17(21)13-5-7-15(8-6-13)19-11-9-16(20)10-12-19/h5-8,14,16,20H,2-4,9-12H2,1H3. The van der Waals surface area contributed by atoms with E-state index in [9.17, 15) is 9.90 Å². The molecule has 1 aromatic rings. The molecule has 1 saturated carbocycles. The second kappa shape index (κ2) is 6.06. The molecule has 1 N–H and O–H groups in total. The summed E-state index contributed by atoms with van der Waals surface area (Å²) < 4.78 is 0. The molecule has 1 amide bonds. The number of anilines is 1. The summed E-state index contributed by atoms with van der Waals surface area (Å²) in [5.74, 6) is 0.125. The fraction of sp³-hybridized carbons (Fsp3) is 0.588. The topological polar surface area (TPSA) is 43.8 Å². The number of piperidine rings is 1. The zero-order valence-corrected chi connectivity index (χ0v) is 12.7. The third-order valence-corrected chi connectivity index (χ3v) is 4.89. The average Bonchev–Trinajstić information content (AvgIpc) is 2.46. The maximum absolute atomic E-state index is 12.4. The fourth-order valence-electron chi connectivity index (χ4n) is 3.08. The van der Waals surface area contributed by atoms with Crippen molar-refractivity contribution in [2.45, 2.75) is 44.2 Å². The van der Waals surface area contributed by atoms with Gasteiger partial charge < -0.3 is 14.9 Å². The number of aliphatic hydroxyl groups is 1. The highest BCUT2D eigenvalue weighted by atomic mass is 16.3. The molecule has 1 heterocycles. The van der Waals surface area contributed by atoms with Crippen molar-refractivity contribution in [3.63, 3.8) is 0 Å². The number of amides is 1. The lowest BCUT2D eigenvalue weighted by molar-refractivity contribution is 0.0652. The van der Waals surface area contributed by atoms with Crippen LogP contribution >= 0.6 is 0 Å². The van der Waals surface area contributed by atoms with E-state index in [4.69, 9.17) is 0 Å². The number of carbonyl (C=O) groups excluding carboxylic acids is 1. The van der Waals surface area contributed by atoms with E-state index < -0.39 is 0 Å². The number of hydrogen-bond donors (Lipinski definition) is 1. The minimum absolute atomic E-state index is 0.125. The molecule has 0 spiro atoms. The molecule has 4 heteroatoms. The van der Waals surface area contributed by atoms with E-state index in [1.807, 2.05) is 36.2 Å². The minimum atomic E-state index is -0.154. The third kappa shape index (κ3) is 3.05. The first-order chi connectivity index (χ1) is 10.1. The number of benzene rings is 1. The Morgan fingerprint density at radius 1 is 1.14 bits per heavy atom. The second-order valence-corrected chi connectivity index (χ2v) is 6.27. The van der Waals surface area contributed by atoms with Crippen molar-refractivity contribution in [2.24, 2.45) is 0 Å². The van der Waals surface area contributed by atoms with Crippen LogP contribution in [-0.2, 0) is 0 Å². The molecule has 0 radical (unpaired) electrons. The first-order valence-electron chi connectivity index (χ1n) is 7.95. The van der Waals surface area contributed by atoms with Gasteiger partial charge in [0.15, 0.2) is 0 Å². The maximum Gasteiger partial charge on any atom is 0.253 e. The molecule has 1 aliphatic carbocycles. The molecule has 0 bridgehead atoms. The van der Waals surface area contributed by atoms with Crippen molar-refractivity contribution in [1.29, 1.82) is 0 Å². The summed E-state index contributed by atoms with van der Waals surface area (Å²) in [6, 6.07) is 8.34. The van der Waals surface area contributed by atoms with E-state index in [0.717, 1.165) is 50.0 Å². The van der Waals surface area contributed by atoms with E-state index in [0.29, 0.717) is 6.04 Å². The molecule has 1 aromatic carbocycles. The number of carbonyl (C=O) groups is 1. The second-order valence-electron chi connectivity index (χ2n) is 6.27. The van der Waals surface area contributed by atoms with Gasteiger partial charge in [-0.2, -0.15) is 0 Å². The van der Waals surface area contributed by atoms with Crippen LogP contribution in [0.1, 0.15) is 42.5 Å². The Balaban J connectivity index is 1.64. The van der Waals surface area contributed by atoms with E-state index >= 15 is 0 Å². The van der Waals surface area contributed by atoms with Gasteiger partial charge in [-0.15, -0.1) is 0 Å². The molecule has 0 aromatic heterocycles. The van der Waals surface area contributed by atoms with Gasteiger partial charge in [-0.25, -0.2) is 0 Å². The summed E-state index contributed by atoms with van der Waals surface area (Å²) in [5, 5.41) is 9.56. The van der Waals surface area contributed by atoms with Gasteiger partial charge in [0, 0.05) is 37.4 Å². The molecule has 3 rings (SSSR count). The smallest absolute Gasteiger partial charge is 0.253 e. The quantitative estimate of drug-likeness (QED) is 0.928. The van der Waals surface area contributed by atoms with Gasteiger partial charge >= 0.3 is 0 Å². The summed E-state index contributed by atoms with van der Waals surface area (Å²) in [7, 11) is 1.91. The molecule has 0 atom stereocenters. The lowest BCUT2D eigenvalue weighted by atomic mass is 9.91. The van der Waals surface area contributed by atoms with E-state index in [-0.39, 0.29) is 12.0 Å². The van der Waals surface area contributed by atoms with Crippen LogP contribution in [0.3, 0.4) is 0 Å². The zero-order chi connectivity index (χ0) is 14.8. The summed E-state index contributed by atoms with van der Waals surface area (Å²) in [5.41, 5.74) is 1.91. The van der Waals surface area contributed by atoms with Crippen molar-refractivity contribution in [3.05, 3.63) is 29.8 Å². The van der Waals surface area contributed by atoms with Crippen molar-refractivity contribution >= 4 is 11.6 Å². The Morgan fingerprint density at radius 2 is 1.76 bits per heavy atom. The van der Waals surface area contributed by atoms with E-state index in [2.05, 4.69) is 4.90 Å². The van der Waals surface area contributed by atoms with E-state index in [1.54, 1.807) is 0 Å². The Labute approximate surface area is 126 Å². The number of rotatable bonds is 3. The highest BCUT2D eigenvalue weighted by Crippen LogP contribution is 2.26. The highest BCUT2D eigenvalue weighted by molar-refractivity contribution is 5.94. The average molecular weight is 288 g/mol. The Bertz CT molecular complexity index is 488. The number of hydrogen-bond acceptors (Lipinski definition) is 3. The van der Waals surface area contributed by atoms with E-state index in [1.165, 1.54) is 6.42 Å². The van der Waals surface area contributed by atoms with Crippen LogP contribution < -0.4 is 4.90 Å². The summed E-state index contributed by atoms with van der Waals surface area (Å²) >= 11 is 0. The summed E-state index contributed by atoms with van der Waals surface area (Å²) in [6.07, 6.45) is 5.00. The van der Waals surface area contributed by atoms with Crippen molar-refractivity contribution in [2.75, 3.05) is 25.0 Å². The van der Waals surface area contributed by atoms with Gasteiger partial charge in [0.1, 0.15) is 0 Å². The molecule has 0 unspecified atom stereocenters. The molecule has 2 fully saturated rings. The minimum Gasteiger partial charge on any atom is -0.393 e. The van der Waals surface area contributed by atoms with Gasteiger partial charge in [-0.3, -0.25) is 4.79 Å². The largest absolute Gasteiger partial charge is 0.393 e. The van der Waals surface area contributed by atoms with Crippen molar-refractivity contribution < 1.29 is 9.90 Å². The molecule has 1 aliphatic heterocycles. The van der Waals surface area contributed by atoms with Gasteiger partial charge in [0.05, 0.1) is 6.10 Å². The van der Waals surface area contributed by atoms with Crippen molar-refractivity contribution in [1.82, 2.24) is 4.90 Å². The van der Waals surface area contributed by atoms with Crippen molar-refractivity contribution in [3.8, 4) is 0 Å². The van der Waals surface area contributed by atoms with Crippen LogP contribution in [0.25, 0.3) is 0 Å². The zero-order valence-electron chi connectivity index (χ0n) is 12.7. The van der Waals surface area contributed by atoms with Gasteiger partial charge in [-0.05, 0) is 56.4 Å². The van der Waals surface area contributed by atoms with Crippen LogP contribution in [0, 0.1) is 0 Å². The van der Waals surface area contributed by atoms with Crippen LogP contribution in [0.5, 0.6) is 0 Å². The Kier molecular flexibility index (Phi) is 4.15. The molecule has 114 valence electrons. The molecule has 4 nitrogen and oxygen atoms in total. The maximum atomic E-state index is 12.4. The Morgan fingerprint density at radius 3 is 2.29 bits per heavy atom. The lowest BCUT2D eigenvalue weighted by Crippen LogP contribution is -2.41. The SMILES string of the molecule is CN(C(=O)c1ccc(N2CCC(O)CC2)cc1)C1CCC1. The molecular formula is C17H24N2O2. The number of aliphatic hydroxyl groups excluding tert-OH is 1. The van der Waals surface area contributed by atoms with Gasteiger partial charge in [-0.1, -0.05) is 0 Å². The molecule has 21 heavy (non-hydrogen) atoms. The predicted molar refractivity (Wildman–Crippen MR) is 83.6 cm³/mol. The van der Waals surface area contributed by atoms with Gasteiger partial charge in [0.2, 0.25) is 0 Å². The normalized spacial score (nSPS) is 20.2. The number of nitrogens with zero attached hydrogens (tertiary/aromatic N) is 2. The molecular weight excluding hydrogens is 264 g/mol. The van der Waals surface area contributed by atoms with Crippen LogP contribution in [-0.4, -0.2) is 48.2 Å². The molecule has 2 aliphatic rings. The van der Waals surface area contributed by atoms with Crippen LogP contribution in [0.15, 0.2) is 24.3 Å². The fourth-order valence-corrected chi connectivity index (χ4v) is 3.08. The van der Waals surface area contributed by atoms with Crippen LogP contribution in [0.4, 0.5) is 5.69 Å². The summed E-state index contributed by atoms with van der Waals surface area (Å²) in [4.78, 5) is 16.5. The first-order valence-corrected chi connectivity index (χ1v) is 7.95. The predicted octanol–water partition coefficient (Wildman–Crippen LogP) is 2.27. The van der Waals surface area contributed by atoms with Crippen LogP contribution in [0.2, 0.25) is 0 Å².